The Labute approximate surface area is 108 Å². The first-order valence-electron chi connectivity index (χ1n) is 6.23. The van der Waals surface area contributed by atoms with Gasteiger partial charge in [0.2, 0.25) is 0 Å². The maximum atomic E-state index is 11.8. The lowest BCUT2D eigenvalue weighted by molar-refractivity contribution is 0.0636. The molecule has 0 spiro atoms. The van der Waals surface area contributed by atoms with Gasteiger partial charge < -0.3 is 10.1 Å². The number of amides is 1. The number of fused-ring (bicyclic) bond motifs is 1. The summed E-state index contributed by atoms with van der Waals surface area (Å²) in [5.41, 5.74) is 3.66. The molecule has 0 atom stereocenters. The lowest BCUT2D eigenvalue weighted by atomic mass is 10.1. The summed E-state index contributed by atoms with van der Waals surface area (Å²) in [6, 6.07) is 4.13. The van der Waals surface area contributed by atoms with Gasteiger partial charge in [-0.15, -0.1) is 0 Å². The van der Waals surface area contributed by atoms with Gasteiger partial charge in [0.05, 0.1) is 11.4 Å². The first-order chi connectivity index (χ1) is 8.37. The molecule has 1 aliphatic heterocycles. The van der Waals surface area contributed by atoms with Gasteiger partial charge in [-0.3, -0.25) is 5.32 Å². The van der Waals surface area contributed by atoms with Crippen LogP contribution in [0.15, 0.2) is 12.1 Å². The first-order valence-corrected chi connectivity index (χ1v) is 6.23. The van der Waals surface area contributed by atoms with Crippen LogP contribution in [0.3, 0.4) is 0 Å². The SMILES string of the molecule is Cc1ccc2c(c1NC(=O)OC(C)(C)C)NCC2. The topological polar surface area (TPSA) is 50.4 Å². The van der Waals surface area contributed by atoms with E-state index in [0.29, 0.717) is 0 Å². The van der Waals surface area contributed by atoms with E-state index in [2.05, 4.69) is 16.7 Å². The van der Waals surface area contributed by atoms with Crippen LogP contribution < -0.4 is 10.6 Å². The fourth-order valence-corrected chi connectivity index (χ4v) is 2.05. The van der Waals surface area contributed by atoms with E-state index in [-0.39, 0.29) is 0 Å². The van der Waals surface area contributed by atoms with Gasteiger partial charge >= 0.3 is 6.09 Å². The largest absolute Gasteiger partial charge is 0.444 e. The Morgan fingerprint density at radius 1 is 1.39 bits per heavy atom. The maximum Gasteiger partial charge on any atom is 0.412 e. The molecule has 0 saturated heterocycles. The molecule has 0 aliphatic carbocycles. The summed E-state index contributed by atoms with van der Waals surface area (Å²) in [6.45, 7) is 8.46. The minimum Gasteiger partial charge on any atom is -0.444 e. The van der Waals surface area contributed by atoms with Gasteiger partial charge in [-0.2, -0.15) is 0 Å². The normalized spacial score (nSPS) is 13.8. The Morgan fingerprint density at radius 3 is 2.78 bits per heavy atom. The molecule has 1 aliphatic rings. The third-order valence-electron chi connectivity index (χ3n) is 2.82. The lowest BCUT2D eigenvalue weighted by Gasteiger charge is -2.21. The number of carbonyl (C=O) groups excluding carboxylic acids is 1. The van der Waals surface area contributed by atoms with Crippen molar-refractivity contribution in [3.8, 4) is 0 Å². The van der Waals surface area contributed by atoms with Crippen LogP contribution >= 0.6 is 0 Å². The number of hydrogen-bond donors (Lipinski definition) is 2. The van der Waals surface area contributed by atoms with Gasteiger partial charge in [-0.05, 0) is 45.2 Å². The van der Waals surface area contributed by atoms with Crippen molar-refractivity contribution in [2.75, 3.05) is 17.2 Å². The molecular formula is C14H20N2O2. The number of aryl methyl sites for hydroxylation is 1. The summed E-state index contributed by atoms with van der Waals surface area (Å²) in [4.78, 5) is 11.8. The van der Waals surface area contributed by atoms with Crippen molar-refractivity contribution in [3.05, 3.63) is 23.3 Å². The van der Waals surface area contributed by atoms with Crippen molar-refractivity contribution in [1.82, 2.24) is 0 Å². The van der Waals surface area contributed by atoms with Gasteiger partial charge in [0, 0.05) is 6.54 Å². The van der Waals surface area contributed by atoms with Crippen molar-refractivity contribution < 1.29 is 9.53 Å². The number of benzene rings is 1. The van der Waals surface area contributed by atoms with Gasteiger partial charge in [0.1, 0.15) is 5.60 Å². The van der Waals surface area contributed by atoms with Crippen molar-refractivity contribution >= 4 is 17.5 Å². The van der Waals surface area contributed by atoms with Gasteiger partial charge in [-0.1, -0.05) is 12.1 Å². The van der Waals surface area contributed by atoms with E-state index in [1.54, 1.807) is 0 Å². The average Bonchev–Trinajstić information content (AvgIpc) is 2.67. The number of anilines is 2. The standard InChI is InChI=1S/C14H20N2O2/c1-9-5-6-10-7-8-15-12(10)11(9)16-13(17)18-14(2,3)4/h5-6,15H,7-8H2,1-4H3,(H,16,17). The molecule has 0 radical (unpaired) electrons. The zero-order valence-corrected chi connectivity index (χ0v) is 11.4. The summed E-state index contributed by atoms with van der Waals surface area (Å²) < 4.78 is 5.28. The second-order valence-corrected chi connectivity index (χ2v) is 5.60. The van der Waals surface area contributed by atoms with E-state index < -0.39 is 11.7 Å². The van der Waals surface area contributed by atoms with Crippen LogP contribution in [0.4, 0.5) is 16.2 Å². The van der Waals surface area contributed by atoms with E-state index >= 15 is 0 Å². The monoisotopic (exact) mass is 248 g/mol. The molecule has 98 valence electrons. The van der Waals surface area contributed by atoms with Crippen LogP contribution in [0, 0.1) is 6.92 Å². The minimum atomic E-state index is -0.483. The predicted molar refractivity (Wildman–Crippen MR) is 73.2 cm³/mol. The van der Waals surface area contributed by atoms with Crippen LogP contribution in [-0.2, 0) is 11.2 Å². The Bertz CT molecular complexity index is 475. The Balaban J connectivity index is 2.19. The Kier molecular flexibility index (Phi) is 3.20. The van der Waals surface area contributed by atoms with Crippen LogP contribution in [0.2, 0.25) is 0 Å². The lowest BCUT2D eigenvalue weighted by Crippen LogP contribution is -2.27. The third kappa shape index (κ3) is 2.75. The molecule has 0 aromatic heterocycles. The average molecular weight is 248 g/mol. The molecule has 1 heterocycles. The summed E-state index contributed by atoms with van der Waals surface area (Å²) in [5, 5.41) is 6.15. The molecule has 0 saturated carbocycles. The van der Waals surface area contributed by atoms with Crippen LogP contribution in [0.5, 0.6) is 0 Å². The molecule has 0 fully saturated rings. The third-order valence-corrected chi connectivity index (χ3v) is 2.82. The molecule has 4 heteroatoms. The van der Waals surface area contributed by atoms with Crippen molar-refractivity contribution in [2.45, 2.75) is 39.7 Å². The summed E-state index contributed by atoms with van der Waals surface area (Å²) in [5.74, 6) is 0. The van der Waals surface area contributed by atoms with E-state index in [9.17, 15) is 4.79 Å². The van der Waals surface area contributed by atoms with E-state index in [0.717, 1.165) is 29.9 Å². The molecule has 1 amide bonds. The molecule has 2 rings (SSSR count). The smallest absolute Gasteiger partial charge is 0.412 e. The molecule has 1 aromatic carbocycles. The number of carbonyl (C=O) groups is 1. The second kappa shape index (κ2) is 4.52. The summed E-state index contributed by atoms with van der Waals surface area (Å²) in [6.07, 6.45) is 0.589. The second-order valence-electron chi connectivity index (χ2n) is 5.60. The highest BCUT2D eigenvalue weighted by molar-refractivity contribution is 5.92. The van der Waals surface area contributed by atoms with Crippen LogP contribution in [-0.4, -0.2) is 18.2 Å². The molecule has 18 heavy (non-hydrogen) atoms. The minimum absolute atomic E-state index is 0.410. The van der Waals surface area contributed by atoms with Crippen LogP contribution in [0.1, 0.15) is 31.9 Å². The van der Waals surface area contributed by atoms with Crippen molar-refractivity contribution in [1.29, 1.82) is 0 Å². The molecule has 0 bridgehead atoms. The number of nitrogens with one attached hydrogen (secondary N) is 2. The number of hydrogen-bond acceptors (Lipinski definition) is 3. The van der Waals surface area contributed by atoms with E-state index in [1.807, 2.05) is 33.8 Å². The quantitative estimate of drug-likeness (QED) is 0.801. The van der Waals surface area contributed by atoms with E-state index in [1.165, 1.54) is 5.56 Å². The summed E-state index contributed by atoms with van der Waals surface area (Å²) in [7, 11) is 0. The fourth-order valence-electron chi connectivity index (χ4n) is 2.05. The van der Waals surface area contributed by atoms with Crippen molar-refractivity contribution in [3.63, 3.8) is 0 Å². The summed E-state index contributed by atoms with van der Waals surface area (Å²) >= 11 is 0. The number of ether oxygens (including phenoxy) is 1. The highest BCUT2D eigenvalue weighted by atomic mass is 16.6. The molecule has 4 nitrogen and oxygen atoms in total. The van der Waals surface area contributed by atoms with Crippen LogP contribution in [0.25, 0.3) is 0 Å². The van der Waals surface area contributed by atoms with E-state index in [4.69, 9.17) is 4.74 Å². The first kappa shape index (κ1) is 12.7. The molecule has 1 aromatic rings. The van der Waals surface area contributed by atoms with Crippen molar-refractivity contribution in [2.24, 2.45) is 0 Å². The zero-order valence-electron chi connectivity index (χ0n) is 11.4. The predicted octanol–water partition coefficient (Wildman–Crippen LogP) is 3.31. The van der Waals surface area contributed by atoms with Gasteiger partial charge in [0.15, 0.2) is 0 Å². The molecule has 0 unspecified atom stereocenters. The Morgan fingerprint density at radius 2 is 2.11 bits per heavy atom. The number of rotatable bonds is 1. The maximum absolute atomic E-state index is 11.8. The zero-order chi connectivity index (χ0) is 13.3. The highest BCUT2D eigenvalue weighted by Crippen LogP contribution is 2.33. The highest BCUT2D eigenvalue weighted by Gasteiger charge is 2.21. The Hall–Kier alpha value is -1.71. The van der Waals surface area contributed by atoms with Gasteiger partial charge in [0.25, 0.3) is 0 Å². The van der Waals surface area contributed by atoms with Gasteiger partial charge in [-0.25, -0.2) is 4.79 Å². The molecule has 2 N–H and O–H groups in total. The fraction of sp³-hybridized carbons (Fsp3) is 0.500. The molecular weight excluding hydrogens is 228 g/mol.